The van der Waals surface area contributed by atoms with E-state index in [0.717, 1.165) is 55.2 Å². The molecule has 6 heteroatoms. The van der Waals surface area contributed by atoms with E-state index in [1.807, 2.05) is 29.2 Å². The predicted molar refractivity (Wildman–Crippen MR) is 111 cm³/mol. The van der Waals surface area contributed by atoms with Crippen LogP contribution in [-0.2, 0) is 17.8 Å². The second-order valence-corrected chi connectivity index (χ2v) is 8.16. The van der Waals surface area contributed by atoms with Crippen LogP contribution in [0.5, 0.6) is 0 Å². The summed E-state index contributed by atoms with van der Waals surface area (Å²) in [4.78, 5) is 21.6. The molecule has 0 aliphatic carbocycles. The number of hydrogen-bond acceptors (Lipinski definition) is 5. The lowest BCUT2D eigenvalue weighted by atomic mass is 10.1. The lowest BCUT2D eigenvalue weighted by molar-refractivity contribution is -0.133. The first-order chi connectivity index (χ1) is 13.7. The van der Waals surface area contributed by atoms with Crippen LogP contribution in [0.2, 0.25) is 0 Å². The average molecular weight is 391 g/mol. The van der Waals surface area contributed by atoms with Gasteiger partial charge in [-0.25, -0.2) is 4.98 Å². The van der Waals surface area contributed by atoms with Crippen molar-refractivity contribution in [2.24, 2.45) is 0 Å². The van der Waals surface area contributed by atoms with Crippen molar-refractivity contribution in [1.82, 2.24) is 14.8 Å². The number of thiazole rings is 1. The first-order valence-corrected chi connectivity index (χ1v) is 10.4. The van der Waals surface area contributed by atoms with Crippen molar-refractivity contribution in [3.05, 3.63) is 64.7 Å². The van der Waals surface area contributed by atoms with E-state index in [-0.39, 0.29) is 5.91 Å². The van der Waals surface area contributed by atoms with Crippen LogP contribution in [0.25, 0.3) is 10.2 Å². The van der Waals surface area contributed by atoms with Crippen LogP contribution in [0, 0.1) is 11.3 Å². The molecule has 1 aliphatic rings. The molecule has 28 heavy (non-hydrogen) atoms. The fraction of sp³-hybridized carbons (Fsp3) is 0.318. The van der Waals surface area contributed by atoms with Crippen LogP contribution in [0.1, 0.15) is 22.6 Å². The topological polar surface area (TPSA) is 60.2 Å². The van der Waals surface area contributed by atoms with Gasteiger partial charge < -0.3 is 4.90 Å². The van der Waals surface area contributed by atoms with Crippen LogP contribution in [0.3, 0.4) is 0 Å². The summed E-state index contributed by atoms with van der Waals surface area (Å²) >= 11 is 1.75. The van der Waals surface area contributed by atoms with Crippen LogP contribution >= 0.6 is 11.3 Å². The first-order valence-electron chi connectivity index (χ1n) is 9.55. The molecule has 142 valence electrons. The molecule has 3 aromatic rings. The van der Waals surface area contributed by atoms with E-state index in [2.05, 4.69) is 23.1 Å². The van der Waals surface area contributed by atoms with E-state index in [9.17, 15) is 4.79 Å². The number of carbonyl (C=O) groups is 1. The predicted octanol–water partition coefficient (Wildman–Crippen LogP) is 3.44. The van der Waals surface area contributed by atoms with E-state index >= 15 is 0 Å². The second-order valence-electron chi connectivity index (χ2n) is 7.04. The molecule has 0 unspecified atom stereocenters. The van der Waals surface area contributed by atoms with Crippen molar-refractivity contribution in [1.29, 1.82) is 5.26 Å². The molecule has 2 heterocycles. The van der Waals surface area contributed by atoms with E-state index in [1.54, 1.807) is 23.5 Å². The Balaban J connectivity index is 1.25. The Morgan fingerprint density at radius 3 is 2.54 bits per heavy atom. The number of para-hydroxylation sites is 1. The highest BCUT2D eigenvalue weighted by atomic mass is 32.1. The number of nitrogens with zero attached hydrogens (tertiary/aromatic N) is 4. The molecule has 1 fully saturated rings. The van der Waals surface area contributed by atoms with Crippen LogP contribution in [0.15, 0.2) is 48.5 Å². The van der Waals surface area contributed by atoms with E-state index in [1.165, 1.54) is 4.70 Å². The fourth-order valence-corrected chi connectivity index (χ4v) is 4.50. The Kier molecular flexibility index (Phi) is 5.65. The van der Waals surface area contributed by atoms with Crippen LogP contribution < -0.4 is 0 Å². The van der Waals surface area contributed by atoms with Gasteiger partial charge in [0.1, 0.15) is 5.01 Å². The summed E-state index contributed by atoms with van der Waals surface area (Å²) < 4.78 is 1.23. The van der Waals surface area contributed by atoms with E-state index < -0.39 is 0 Å². The fourth-order valence-electron chi connectivity index (χ4n) is 3.49. The molecule has 0 N–H and O–H groups in total. The molecule has 1 amide bonds. The average Bonchev–Trinajstić information content (AvgIpc) is 3.15. The van der Waals surface area contributed by atoms with Gasteiger partial charge in [0.05, 0.1) is 28.4 Å². The van der Waals surface area contributed by atoms with Crippen molar-refractivity contribution in [3.63, 3.8) is 0 Å². The number of nitriles is 1. The quantitative estimate of drug-likeness (QED) is 0.670. The highest BCUT2D eigenvalue weighted by molar-refractivity contribution is 7.18. The molecule has 5 nitrogen and oxygen atoms in total. The van der Waals surface area contributed by atoms with Gasteiger partial charge in [-0.3, -0.25) is 9.69 Å². The second kappa shape index (κ2) is 8.51. The van der Waals surface area contributed by atoms with Crippen molar-refractivity contribution in [2.75, 3.05) is 26.2 Å². The SMILES string of the molecule is N#Cc1ccc(CCC(=O)N2CCN(Cc3nc4ccccc4s3)CC2)cc1. The Bertz CT molecular complexity index is 964. The van der Waals surface area contributed by atoms with Gasteiger partial charge in [-0.1, -0.05) is 24.3 Å². The lowest BCUT2D eigenvalue weighted by Crippen LogP contribution is -2.48. The van der Waals surface area contributed by atoms with Crippen LogP contribution in [-0.4, -0.2) is 46.9 Å². The third-order valence-electron chi connectivity index (χ3n) is 5.13. The molecule has 0 radical (unpaired) electrons. The number of hydrogen-bond donors (Lipinski definition) is 0. The molecule has 1 aliphatic heterocycles. The van der Waals surface area contributed by atoms with E-state index in [0.29, 0.717) is 12.0 Å². The lowest BCUT2D eigenvalue weighted by Gasteiger charge is -2.34. The molecule has 1 saturated heterocycles. The first kappa shape index (κ1) is 18.6. The number of aryl methyl sites for hydroxylation is 1. The van der Waals surface area contributed by atoms with Crippen molar-refractivity contribution in [3.8, 4) is 6.07 Å². The minimum Gasteiger partial charge on any atom is -0.340 e. The van der Waals surface area contributed by atoms with Crippen LogP contribution in [0.4, 0.5) is 0 Å². The molecule has 4 rings (SSSR count). The van der Waals surface area contributed by atoms with Gasteiger partial charge in [-0.15, -0.1) is 11.3 Å². The monoisotopic (exact) mass is 390 g/mol. The molecule has 2 aromatic carbocycles. The zero-order chi connectivity index (χ0) is 19.3. The minimum absolute atomic E-state index is 0.212. The maximum Gasteiger partial charge on any atom is 0.222 e. The van der Waals surface area contributed by atoms with Crippen molar-refractivity contribution >= 4 is 27.5 Å². The van der Waals surface area contributed by atoms with Crippen molar-refractivity contribution < 1.29 is 4.79 Å². The summed E-state index contributed by atoms with van der Waals surface area (Å²) in [6, 6.07) is 17.8. The zero-order valence-electron chi connectivity index (χ0n) is 15.7. The summed E-state index contributed by atoms with van der Waals surface area (Å²) in [6.45, 7) is 4.18. The number of fused-ring (bicyclic) bond motifs is 1. The number of benzene rings is 2. The molecule has 1 aromatic heterocycles. The zero-order valence-corrected chi connectivity index (χ0v) is 16.5. The Morgan fingerprint density at radius 1 is 1.07 bits per heavy atom. The maximum atomic E-state index is 12.5. The summed E-state index contributed by atoms with van der Waals surface area (Å²) in [5, 5.41) is 9.99. The number of piperazine rings is 1. The molecule has 0 bridgehead atoms. The van der Waals surface area contributed by atoms with Gasteiger partial charge in [0, 0.05) is 32.6 Å². The maximum absolute atomic E-state index is 12.5. The number of rotatable bonds is 5. The molecular weight excluding hydrogens is 368 g/mol. The highest BCUT2D eigenvalue weighted by Crippen LogP contribution is 2.23. The third-order valence-corrected chi connectivity index (χ3v) is 6.15. The van der Waals surface area contributed by atoms with Gasteiger partial charge >= 0.3 is 0 Å². The number of carbonyl (C=O) groups excluding carboxylic acids is 1. The standard InChI is InChI=1S/C22H22N4OS/c23-15-18-7-5-17(6-8-18)9-10-22(27)26-13-11-25(12-14-26)16-21-24-19-3-1-2-4-20(19)28-21/h1-8H,9-14,16H2. The van der Waals surface area contributed by atoms with Gasteiger partial charge in [0.2, 0.25) is 5.91 Å². The summed E-state index contributed by atoms with van der Waals surface area (Å²) in [5.41, 5.74) is 2.82. The molecule has 0 atom stereocenters. The largest absolute Gasteiger partial charge is 0.340 e. The highest BCUT2D eigenvalue weighted by Gasteiger charge is 2.21. The smallest absolute Gasteiger partial charge is 0.222 e. The summed E-state index contributed by atoms with van der Waals surface area (Å²) in [6.07, 6.45) is 1.24. The van der Waals surface area contributed by atoms with Gasteiger partial charge in [-0.2, -0.15) is 5.26 Å². The van der Waals surface area contributed by atoms with Gasteiger partial charge in [0.15, 0.2) is 0 Å². The van der Waals surface area contributed by atoms with Gasteiger partial charge in [0.25, 0.3) is 0 Å². The normalized spacial score (nSPS) is 14.9. The minimum atomic E-state index is 0.212. The summed E-state index contributed by atoms with van der Waals surface area (Å²) in [5.74, 6) is 0.212. The molecular formula is C22H22N4OS. The Morgan fingerprint density at radius 2 is 1.82 bits per heavy atom. The number of amides is 1. The molecule has 0 spiro atoms. The number of aromatic nitrogens is 1. The Labute approximate surface area is 168 Å². The van der Waals surface area contributed by atoms with Crippen molar-refractivity contribution in [2.45, 2.75) is 19.4 Å². The van der Waals surface area contributed by atoms with Gasteiger partial charge in [-0.05, 0) is 36.2 Å². The Hall–Kier alpha value is -2.75. The summed E-state index contributed by atoms with van der Waals surface area (Å²) in [7, 11) is 0. The molecule has 0 saturated carbocycles. The van der Waals surface area contributed by atoms with E-state index in [4.69, 9.17) is 10.2 Å². The third kappa shape index (κ3) is 4.38.